The van der Waals surface area contributed by atoms with Gasteiger partial charge in [-0.2, -0.15) is 4.62 Å². The van der Waals surface area contributed by atoms with Crippen molar-refractivity contribution in [1.29, 1.82) is 0 Å². The van der Waals surface area contributed by atoms with E-state index in [2.05, 4.69) is 5.48 Å². The Labute approximate surface area is 192 Å². The van der Waals surface area contributed by atoms with Gasteiger partial charge >= 0.3 is 7.60 Å². The van der Waals surface area contributed by atoms with Gasteiger partial charge in [0.2, 0.25) is 0 Å². The van der Waals surface area contributed by atoms with Gasteiger partial charge in [0.05, 0.1) is 5.69 Å². The zero-order chi connectivity index (χ0) is 22.5. The van der Waals surface area contributed by atoms with Crippen molar-refractivity contribution in [2.45, 2.75) is 5.66 Å². The van der Waals surface area contributed by atoms with Gasteiger partial charge in [-0.1, -0.05) is 97.1 Å². The normalized spacial score (nSPS) is 13.0. The van der Waals surface area contributed by atoms with Crippen LogP contribution >= 0.6 is 7.60 Å². The Balaban J connectivity index is 1.59. The van der Waals surface area contributed by atoms with Crippen LogP contribution in [0.2, 0.25) is 0 Å². The molecule has 1 heterocycles. The standard InChI is InChI=1S/C27H22NO4P/c29-33(32-28-24-17-8-3-9-18-24,31-26-20-23-16-10-11-19-25(23)30-26)27(21-12-4-1-5-13-21)22-14-6-2-7-15-22/h1-20,27-28H. The third-order valence-electron chi connectivity index (χ3n) is 5.23. The van der Waals surface area contributed by atoms with Crippen LogP contribution in [0.3, 0.4) is 0 Å². The van der Waals surface area contributed by atoms with E-state index >= 15 is 0 Å². The van der Waals surface area contributed by atoms with Gasteiger partial charge in [-0.3, -0.25) is 5.48 Å². The molecule has 0 radical (unpaired) electrons. The lowest BCUT2D eigenvalue weighted by Gasteiger charge is -2.27. The number of hydrogen-bond acceptors (Lipinski definition) is 5. The predicted molar refractivity (Wildman–Crippen MR) is 130 cm³/mol. The van der Waals surface area contributed by atoms with Crippen molar-refractivity contribution in [3.05, 3.63) is 132 Å². The van der Waals surface area contributed by atoms with Crippen LogP contribution in [0.5, 0.6) is 5.95 Å². The zero-order valence-electron chi connectivity index (χ0n) is 17.7. The van der Waals surface area contributed by atoms with E-state index in [-0.39, 0.29) is 5.95 Å². The molecule has 33 heavy (non-hydrogen) atoms. The largest absolute Gasteiger partial charge is 0.425 e. The third-order valence-corrected chi connectivity index (χ3v) is 7.24. The van der Waals surface area contributed by atoms with Crippen LogP contribution in [0.15, 0.2) is 126 Å². The first-order valence-electron chi connectivity index (χ1n) is 10.6. The van der Waals surface area contributed by atoms with E-state index in [0.29, 0.717) is 11.3 Å². The molecule has 0 spiro atoms. The summed E-state index contributed by atoms with van der Waals surface area (Å²) < 4.78 is 32.4. The van der Waals surface area contributed by atoms with Crippen LogP contribution < -0.4 is 10.0 Å². The van der Waals surface area contributed by atoms with Gasteiger partial charge in [0.1, 0.15) is 11.2 Å². The highest BCUT2D eigenvalue weighted by atomic mass is 31.2. The maximum absolute atomic E-state index is 14.6. The molecule has 0 aliphatic rings. The molecule has 0 saturated carbocycles. The molecule has 1 aromatic heterocycles. The Kier molecular flexibility index (Phi) is 5.99. The minimum atomic E-state index is -3.92. The van der Waals surface area contributed by atoms with E-state index in [1.807, 2.05) is 115 Å². The summed E-state index contributed by atoms with van der Waals surface area (Å²) in [5.41, 5.74) is 5.05. The lowest BCUT2D eigenvalue weighted by atomic mass is 10.0. The van der Waals surface area contributed by atoms with Crippen molar-refractivity contribution < 1.29 is 18.1 Å². The van der Waals surface area contributed by atoms with Gasteiger partial charge in [0.15, 0.2) is 0 Å². The number of furan rings is 1. The first-order valence-corrected chi connectivity index (χ1v) is 12.2. The second-order valence-electron chi connectivity index (χ2n) is 7.52. The van der Waals surface area contributed by atoms with E-state index in [0.717, 1.165) is 16.5 Å². The van der Waals surface area contributed by atoms with Gasteiger partial charge in [0, 0.05) is 11.5 Å². The van der Waals surface area contributed by atoms with Crippen molar-refractivity contribution in [3.8, 4) is 5.95 Å². The molecule has 1 N–H and O–H groups in total. The van der Waals surface area contributed by atoms with Gasteiger partial charge in [-0.15, -0.1) is 0 Å². The van der Waals surface area contributed by atoms with E-state index < -0.39 is 13.3 Å². The Hall–Kier alpha value is -3.79. The summed E-state index contributed by atoms with van der Waals surface area (Å²) in [4.78, 5) is 0. The molecule has 1 atom stereocenters. The van der Waals surface area contributed by atoms with E-state index in [1.54, 1.807) is 6.07 Å². The number of fused-ring (bicyclic) bond motifs is 1. The molecule has 4 aromatic carbocycles. The minimum absolute atomic E-state index is 0.131. The number of rotatable bonds is 8. The third kappa shape index (κ3) is 4.70. The second kappa shape index (κ2) is 9.37. The van der Waals surface area contributed by atoms with Crippen molar-refractivity contribution in [3.63, 3.8) is 0 Å². The fourth-order valence-electron chi connectivity index (χ4n) is 3.70. The van der Waals surface area contributed by atoms with Gasteiger partial charge in [-0.05, 0) is 29.3 Å². The monoisotopic (exact) mass is 455 g/mol. The Morgan fingerprint density at radius 3 is 1.85 bits per heavy atom. The number of nitrogens with one attached hydrogen (secondary N) is 1. The summed E-state index contributed by atoms with van der Waals surface area (Å²) in [5, 5.41) is 0.853. The van der Waals surface area contributed by atoms with E-state index in [4.69, 9.17) is 13.6 Å². The van der Waals surface area contributed by atoms with Crippen LogP contribution in [0.25, 0.3) is 11.0 Å². The average Bonchev–Trinajstić information content (AvgIpc) is 3.27. The van der Waals surface area contributed by atoms with Crippen molar-refractivity contribution >= 4 is 24.3 Å². The minimum Gasteiger partial charge on any atom is -0.425 e. The fourth-order valence-corrected chi connectivity index (χ4v) is 5.60. The van der Waals surface area contributed by atoms with Crippen molar-refractivity contribution in [1.82, 2.24) is 0 Å². The molecule has 5 nitrogen and oxygen atoms in total. The highest BCUT2D eigenvalue weighted by Gasteiger charge is 2.42. The fraction of sp³-hybridized carbons (Fsp3) is 0.0370. The summed E-state index contributed by atoms with van der Waals surface area (Å²) in [7, 11) is -3.92. The molecular formula is C27H22NO4P. The van der Waals surface area contributed by atoms with Crippen LogP contribution in [0, 0.1) is 0 Å². The van der Waals surface area contributed by atoms with E-state index in [9.17, 15) is 4.57 Å². The predicted octanol–water partition coefficient (Wildman–Crippen LogP) is 7.84. The number of hydrogen-bond donors (Lipinski definition) is 1. The zero-order valence-corrected chi connectivity index (χ0v) is 18.6. The van der Waals surface area contributed by atoms with Crippen molar-refractivity contribution in [2.24, 2.45) is 0 Å². The Morgan fingerprint density at radius 1 is 0.697 bits per heavy atom. The SMILES string of the molecule is O=P(ONc1ccccc1)(Oc1cc2ccccc2o1)C(c1ccccc1)c1ccccc1. The molecule has 0 aliphatic carbocycles. The molecule has 1 unspecified atom stereocenters. The summed E-state index contributed by atoms with van der Waals surface area (Å²) >= 11 is 0. The molecule has 0 fully saturated rings. The molecule has 5 aromatic rings. The molecule has 164 valence electrons. The smallest absolute Gasteiger partial charge is 0.414 e. The van der Waals surface area contributed by atoms with E-state index in [1.165, 1.54) is 0 Å². The molecule has 0 saturated heterocycles. The van der Waals surface area contributed by atoms with Crippen LogP contribution in [-0.4, -0.2) is 0 Å². The van der Waals surface area contributed by atoms with Crippen LogP contribution in [0.4, 0.5) is 5.69 Å². The molecule has 0 bridgehead atoms. The number of benzene rings is 4. The van der Waals surface area contributed by atoms with Gasteiger partial charge < -0.3 is 8.94 Å². The van der Waals surface area contributed by atoms with Crippen LogP contribution in [-0.2, 0) is 9.19 Å². The maximum atomic E-state index is 14.6. The molecule has 0 aliphatic heterocycles. The Morgan fingerprint density at radius 2 is 1.24 bits per heavy atom. The summed E-state index contributed by atoms with van der Waals surface area (Å²) in [5.74, 6) is 0.131. The quantitative estimate of drug-likeness (QED) is 0.191. The number of anilines is 1. The second-order valence-corrected chi connectivity index (χ2v) is 9.48. The summed E-state index contributed by atoms with van der Waals surface area (Å²) in [6, 6.07) is 37.6. The maximum Gasteiger partial charge on any atom is 0.414 e. The summed E-state index contributed by atoms with van der Waals surface area (Å²) in [6.45, 7) is 0. The molecule has 0 amide bonds. The van der Waals surface area contributed by atoms with Gasteiger partial charge in [0.25, 0.3) is 5.95 Å². The lowest BCUT2D eigenvalue weighted by molar-refractivity contribution is 0.286. The topological polar surface area (TPSA) is 60.7 Å². The summed E-state index contributed by atoms with van der Waals surface area (Å²) in [6.07, 6.45) is 0. The molecular weight excluding hydrogens is 433 g/mol. The molecule has 5 rings (SSSR count). The van der Waals surface area contributed by atoms with Crippen LogP contribution in [0.1, 0.15) is 16.8 Å². The first kappa shape index (κ1) is 21.1. The highest BCUT2D eigenvalue weighted by molar-refractivity contribution is 7.55. The van der Waals surface area contributed by atoms with Crippen molar-refractivity contribution in [2.75, 3.05) is 5.48 Å². The first-order chi connectivity index (χ1) is 16.2. The highest BCUT2D eigenvalue weighted by Crippen LogP contribution is 2.63. The average molecular weight is 455 g/mol. The lowest BCUT2D eigenvalue weighted by Crippen LogP contribution is -2.13. The number of para-hydroxylation sites is 2. The Bertz CT molecular complexity index is 1300. The molecule has 6 heteroatoms. The van der Waals surface area contributed by atoms with Gasteiger partial charge in [-0.25, -0.2) is 4.57 Å².